The summed E-state index contributed by atoms with van der Waals surface area (Å²) in [6.45, 7) is 8.37. The molecule has 1 atom stereocenters. The van der Waals surface area contributed by atoms with Gasteiger partial charge >= 0.3 is 0 Å². The summed E-state index contributed by atoms with van der Waals surface area (Å²) in [5.74, 6) is 0.227. The Morgan fingerprint density at radius 3 is 2.81 bits per heavy atom. The van der Waals surface area contributed by atoms with Gasteiger partial charge in [-0.1, -0.05) is 6.92 Å². The van der Waals surface area contributed by atoms with E-state index in [4.69, 9.17) is 4.74 Å². The van der Waals surface area contributed by atoms with Crippen LogP contribution in [0.3, 0.4) is 0 Å². The maximum atomic E-state index is 12.0. The lowest BCUT2D eigenvalue weighted by molar-refractivity contribution is -0.135. The molecule has 1 rings (SSSR count). The fraction of sp³-hybridized carbons (Fsp3) is 0.917. The van der Waals surface area contributed by atoms with E-state index in [9.17, 15) is 4.79 Å². The van der Waals surface area contributed by atoms with Crippen LogP contribution in [-0.4, -0.2) is 61.6 Å². The van der Waals surface area contributed by atoms with Gasteiger partial charge in [0.05, 0.1) is 19.1 Å². The van der Waals surface area contributed by atoms with E-state index in [0.29, 0.717) is 6.42 Å². The van der Waals surface area contributed by atoms with Crippen LogP contribution in [0.4, 0.5) is 0 Å². The van der Waals surface area contributed by atoms with E-state index in [1.807, 2.05) is 11.8 Å². The number of carbonyl (C=O) groups is 1. The smallest absolute Gasteiger partial charge is 0.225 e. The number of hydrogen-bond donors (Lipinski definition) is 0. The standard InChI is InChI=1S/C12H24N2O2/c1-4-6-14(5-2)12(15)9-11-10-13(3)7-8-16-11/h11H,4-10H2,1-3H3. The molecule has 94 valence electrons. The normalized spacial score (nSPS) is 22.1. The third-order valence-electron chi connectivity index (χ3n) is 2.97. The Hall–Kier alpha value is -0.610. The molecule has 0 spiro atoms. The maximum Gasteiger partial charge on any atom is 0.225 e. The van der Waals surface area contributed by atoms with Gasteiger partial charge in [-0.3, -0.25) is 4.79 Å². The van der Waals surface area contributed by atoms with Crippen molar-refractivity contribution in [1.29, 1.82) is 0 Å². The van der Waals surface area contributed by atoms with Crippen molar-refractivity contribution in [2.24, 2.45) is 0 Å². The highest BCUT2D eigenvalue weighted by molar-refractivity contribution is 5.76. The van der Waals surface area contributed by atoms with E-state index in [2.05, 4.69) is 18.9 Å². The zero-order chi connectivity index (χ0) is 12.0. The minimum Gasteiger partial charge on any atom is -0.375 e. The SMILES string of the molecule is CCCN(CC)C(=O)CC1CN(C)CCO1. The van der Waals surface area contributed by atoms with Crippen molar-refractivity contribution in [1.82, 2.24) is 9.80 Å². The third-order valence-corrected chi connectivity index (χ3v) is 2.97. The van der Waals surface area contributed by atoms with E-state index in [0.717, 1.165) is 39.2 Å². The first-order chi connectivity index (χ1) is 7.67. The molecule has 1 fully saturated rings. The van der Waals surface area contributed by atoms with Gasteiger partial charge in [0.2, 0.25) is 5.91 Å². The summed E-state index contributed by atoms with van der Waals surface area (Å²) in [7, 11) is 2.07. The van der Waals surface area contributed by atoms with E-state index >= 15 is 0 Å². The zero-order valence-corrected chi connectivity index (χ0v) is 10.7. The molecule has 0 aliphatic carbocycles. The summed E-state index contributed by atoms with van der Waals surface area (Å²) in [6.07, 6.45) is 1.63. The number of carbonyl (C=O) groups excluding carboxylic acids is 1. The molecule has 0 aromatic carbocycles. The molecule has 4 nitrogen and oxygen atoms in total. The summed E-state index contributed by atoms with van der Waals surface area (Å²) in [5.41, 5.74) is 0. The molecule has 0 N–H and O–H groups in total. The third kappa shape index (κ3) is 4.10. The molecule has 0 bridgehead atoms. The van der Waals surface area contributed by atoms with Gasteiger partial charge in [-0.05, 0) is 20.4 Å². The van der Waals surface area contributed by atoms with Crippen molar-refractivity contribution >= 4 is 5.91 Å². The number of morpholine rings is 1. The van der Waals surface area contributed by atoms with Crippen LogP contribution in [0.1, 0.15) is 26.7 Å². The van der Waals surface area contributed by atoms with Gasteiger partial charge in [-0.15, -0.1) is 0 Å². The lowest BCUT2D eigenvalue weighted by Crippen LogP contribution is -2.43. The molecular weight excluding hydrogens is 204 g/mol. The molecule has 1 saturated heterocycles. The molecule has 0 radical (unpaired) electrons. The molecule has 0 aromatic rings. The Kier molecular flexibility index (Phi) is 5.77. The van der Waals surface area contributed by atoms with Gasteiger partial charge in [0, 0.05) is 26.2 Å². The summed E-state index contributed by atoms with van der Waals surface area (Å²) in [4.78, 5) is 16.1. The van der Waals surface area contributed by atoms with Gasteiger partial charge in [0.15, 0.2) is 0 Å². The van der Waals surface area contributed by atoms with Gasteiger partial charge in [-0.25, -0.2) is 0 Å². The summed E-state index contributed by atoms with van der Waals surface area (Å²) < 4.78 is 5.60. The molecule has 1 aliphatic rings. The minimum absolute atomic E-state index is 0.0807. The molecular formula is C12H24N2O2. The van der Waals surface area contributed by atoms with Crippen molar-refractivity contribution in [2.45, 2.75) is 32.8 Å². The van der Waals surface area contributed by atoms with Gasteiger partial charge in [-0.2, -0.15) is 0 Å². The average molecular weight is 228 g/mol. The van der Waals surface area contributed by atoms with Crippen LogP contribution in [0.2, 0.25) is 0 Å². The van der Waals surface area contributed by atoms with E-state index < -0.39 is 0 Å². The van der Waals surface area contributed by atoms with Crippen LogP contribution in [0, 0.1) is 0 Å². The molecule has 0 aromatic heterocycles. The summed E-state index contributed by atoms with van der Waals surface area (Å²) in [5, 5.41) is 0. The molecule has 1 amide bonds. The molecule has 1 aliphatic heterocycles. The maximum absolute atomic E-state index is 12.0. The fourth-order valence-corrected chi connectivity index (χ4v) is 2.04. The predicted octanol–water partition coefficient (Wildman–Crippen LogP) is 0.966. The second-order valence-electron chi connectivity index (χ2n) is 4.43. The van der Waals surface area contributed by atoms with E-state index in [1.165, 1.54) is 0 Å². The molecule has 1 unspecified atom stereocenters. The molecule has 16 heavy (non-hydrogen) atoms. The highest BCUT2D eigenvalue weighted by Gasteiger charge is 2.22. The van der Waals surface area contributed by atoms with E-state index in [-0.39, 0.29) is 12.0 Å². The van der Waals surface area contributed by atoms with Gasteiger partial charge in [0.1, 0.15) is 0 Å². The number of rotatable bonds is 5. The number of nitrogens with zero attached hydrogens (tertiary/aromatic N) is 2. The first-order valence-corrected chi connectivity index (χ1v) is 6.25. The fourth-order valence-electron chi connectivity index (χ4n) is 2.04. The van der Waals surface area contributed by atoms with Crippen molar-refractivity contribution in [3.8, 4) is 0 Å². The van der Waals surface area contributed by atoms with E-state index in [1.54, 1.807) is 0 Å². The topological polar surface area (TPSA) is 32.8 Å². The average Bonchev–Trinajstić information content (AvgIpc) is 2.25. The number of amides is 1. The van der Waals surface area contributed by atoms with Crippen LogP contribution < -0.4 is 0 Å². The Morgan fingerprint density at radius 2 is 2.25 bits per heavy atom. The predicted molar refractivity (Wildman–Crippen MR) is 64.4 cm³/mol. The monoisotopic (exact) mass is 228 g/mol. The van der Waals surface area contributed by atoms with Crippen molar-refractivity contribution in [2.75, 3.05) is 39.8 Å². The van der Waals surface area contributed by atoms with Crippen molar-refractivity contribution < 1.29 is 9.53 Å². The lowest BCUT2D eigenvalue weighted by Gasteiger charge is -2.31. The second-order valence-corrected chi connectivity index (χ2v) is 4.43. The Labute approximate surface area is 98.5 Å². The van der Waals surface area contributed by atoms with Crippen LogP contribution >= 0.6 is 0 Å². The Bertz CT molecular complexity index is 221. The molecule has 0 saturated carbocycles. The number of ether oxygens (including phenoxy) is 1. The molecule has 4 heteroatoms. The van der Waals surface area contributed by atoms with Crippen LogP contribution in [0.25, 0.3) is 0 Å². The van der Waals surface area contributed by atoms with Crippen molar-refractivity contribution in [3.63, 3.8) is 0 Å². The largest absolute Gasteiger partial charge is 0.375 e. The highest BCUT2D eigenvalue weighted by atomic mass is 16.5. The number of hydrogen-bond acceptors (Lipinski definition) is 3. The highest BCUT2D eigenvalue weighted by Crippen LogP contribution is 2.09. The molecule has 1 heterocycles. The Balaban J connectivity index is 2.36. The summed E-state index contributed by atoms with van der Waals surface area (Å²) in [6, 6.07) is 0. The van der Waals surface area contributed by atoms with Gasteiger partial charge < -0.3 is 14.5 Å². The first kappa shape index (κ1) is 13.5. The van der Waals surface area contributed by atoms with Crippen LogP contribution in [0.15, 0.2) is 0 Å². The van der Waals surface area contributed by atoms with Crippen LogP contribution in [0.5, 0.6) is 0 Å². The van der Waals surface area contributed by atoms with Crippen LogP contribution in [-0.2, 0) is 9.53 Å². The quantitative estimate of drug-likeness (QED) is 0.703. The second kappa shape index (κ2) is 6.86. The summed E-state index contributed by atoms with van der Waals surface area (Å²) >= 11 is 0. The van der Waals surface area contributed by atoms with Gasteiger partial charge in [0.25, 0.3) is 0 Å². The lowest BCUT2D eigenvalue weighted by atomic mass is 10.2. The first-order valence-electron chi connectivity index (χ1n) is 6.25. The Morgan fingerprint density at radius 1 is 1.50 bits per heavy atom. The van der Waals surface area contributed by atoms with Crippen molar-refractivity contribution in [3.05, 3.63) is 0 Å². The zero-order valence-electron chi connectivity index (χ0n) is 10.7. The minimum atomic E-state index is 0.0807. The number of likely N-dealkylation sites (N-methyl/N-ethyl adjacent to an activating group) is 1.